The van der Waals surface area contributed by atoms with E-state index in [1.165, 1.54) is 11.3 Å². The molecule has 0 N–H and O–H groups in total. The van der Waals surface area contributed by atoms with E-state index in [4.69, 9.17) is 0 Å². The number of carbonyl (C=O) groups is 1. The number of rotatable bonds is 4. The molecule has 0 atom stereocenters. The summed E-state index contributed by atoms with van der Waals surface area (Å²) in [4.78, 5) is 17.8. The van der Waals surface area contributed by atoms with E-state index in [0.29, 0.717) is 0 Å². The maximum Gasteiger partial charge on any atom is 0.205 e. The van der Waals surface area contributed by atoms with E-state index < -0.39 is 0 Å². The second-order valence-electron chi connectivity index (χ2n) is 5.93. The summed E-state index contributed by atoms with van der Waals surface area (Å²) in [6.07, 6.45) is 0. The monoisotopic (exact) mass is 324 g/mol. The van der Waals surface area contributed by atoms with Crippen molar-refractivity contribution in [3.05, 3.63) is 58.3 Å². The third kappa shape index (κ3) is 2.70. The Balaban J connectivity index is 2.33. The molecule has 0 aliphatic heterocycles. The first kappa shape index (κ1) is 15.6. The first-order chi connectivity index (χ1) is 11.0. The van der Waals surface area contributed by atoms with Crippen LogP contribution in [-0.2, 0) is 0 Å². The van der Waals surface area contributed by atoms with Gasteiger partial charge in [0.15, 0.2) is 0 Å². The Morgan fingerprint density at radius 2 is 1.70 bits per heavy atom. The number of thiophene rings is 1. The molecule has 0 bridgehead atoms. The lowest BCUT2D eigenvalue weighted by atomic mass is 9.98. The van der Waals surface area contributed by atoms with Crippen molar-refractivity contribution in [2.45, 2.75) is 0 Å². The summed E-state index contributed by atoms with van der Waals surface area (Å²) in [5.41, 5.74) is 2.84. The molecule has 4 heteroatoms. The van der Waals surface area contributed by atoms with Gasteiger partial charge in [0.2, 0.25) is 5.78 Å². The minimum atomic E-state index is 0.0826. The maximum atomic E-state index is 12.9. The zero-order chi connectivity index (χ0) is 16.6. The summed E-state index contributed by atoms with van der Waals surface area (Å²) >= 11 is 1.48. The van der Waals surface area contributed by atoms with Gasteiger partial charge < -0.3 is 9.80 Å². The smallest absolute Gasteiger partial charge is 0.205 e. The van der Waals surface area contributed by atoms with Crippen molar-refractivity contribution in [2.24, 2.45) is 0 Å². The SMILES string of the molecule is CN(C)c1cccc2ccc(C(=O)c3cccs3)c(N(C)C)c12. The molecule has 0 saturated carbocycles. The van der Waals surface area contributed by atoms with Gasteiger partial charge in [-0.3, -0.25) is 4.79 Å². The van der Waals surface area contributed by atoms with Crippen LogP contribution in [0.15, 0.2) is 47.8 Å². The zero-order valence-electron chi connectivity index (χ0n) is 13.8. The topological polar surface area (TPSA) is 23.6 Å². The van der Waals surface area contributed by atoms with Crippen LogP contribution in [0, 0.1) is 0 Å². The van der Waals surface area contributed by atoms with Crippen molar-refractivity contribution >= 4 is 39.3 Å². The minimum Gasteiger partial charge on any atom is -0.377 e. The summed E-state index contributed by atoms with van der Waals surface area (Å²) in [6, 6.07) is 14.0. The van der Waals surface area contributed by atoms with Crippen LogP contribution in [0.5, 0.6) is 0 Å². The summed E-state index contributed by atoms with van der Waals surface area (Å²) in [5.74, 6) is 0.0826. The van der Waals surface area contributed by atoms with Gasteiger partial charge in [-0.15, -0.1) is 11.3 Å². The molecule has 23 heavy (non-hydrogen) atoms. The van der Waals surface area contributed by atoms with Gasteiger partial charge in [0.05, 0.1) is 10.6 Å². The van der Waals surface area contributed by atoms with Crippen LogP contribution in [-0.4, -0.2) is 34.0 Å². The molecule has 0 fully saturated rings. The van der Waals surface area contributed by atoms with Gasteiger partial charge >= 0.3 is 0 Å². The summed E-state index contributed by atoms with van der Waals surface area (Å²) < 4.78 is 0. The van der Waals surface area contributed by atoms with Crippen molar-refractivity contribution in [3.8, 4) is 0 Å². The van der Waals surface area contributed by atoms with Crippen molar-refractivity contribution in [3.63, 3.8) is 0 Å². The van der Waals surface area contributed by atoms with E-state index in [9.17, 15) is 4.79 Å². The number of fused-ring (bicyclic) bond motifs is 1. The van der Waals surface area contributed by atoms with E-state index in [1.54, 1.807) is 0 Å². The fraction of sp³-hybridized carbons (Fsp3) is 0.211. The molecule has 118 valence electrons. The van der Waals surface area contributed by atoms with Crippen LogP contribution in [0.1, 0.15) is 15.2 Å². The van der Waals surface area contributed by atoms with Gasteiger partial charge in [0.25, 0.3) is 0 Å². The van der Waals surface area contributed by atoms with Crippen LogP contribution in [0.2, 0.25) is 0 Å². The van der Waals surface area contributed by atoms with E-state index in [-0.39, 0.29) is 5.78 Å². The highest BCUT2D eigenvalue weighted by molar-refractivity contribution is 7.12. The lowest BCUT2D eigenvalue weighted by Crippen LogP contribution is -2.17. The van der Waals surface area contributed by atoms with Gasteiger partial charge in [-0.05, 0) is 29.0 Å². The Hall–Kier alpha value is -2.33. The molecule has 3 nitrogen and oxygen atoms in total. The fourth-order valence-corrected chi connectivity index (χ4v) is 3.58. The Labute approximate surface area is 140 Å². The molecule has 2 aromatic carbocycles. The predicted molar refractivity (Wildman–Crippen MR) is 100 cm³/mol. The molecule has 1 aromatic heterocycles. The average Bonchev–Trinajstić information content (AvgIpc) is 3.06. The maximum absolute atomic E-state index is 12.9. The Bertz CT molecular complexity index is 851. The third-order valence-electron chi connectivity index (χ3n) is 3.91. The zero-order valence-corrected chi connectivity index (χ0v) is 14.6. The number of carbonyl (C=O) groups excluding carboxylic acids is 1. The highest BCUT2D eigenvalue weighted by Gasteiger charge is 2.20. The van der Waals surface area contributed by atoms with Gasteiger partial charge in [0.1, 0.15) is 0 Å². The second-order valence-corrected chi connectivity index (χ2v) is 6.88. The molecule has 0 amide bonds. The van der Waals surface area contributed by atoms with Crippen LogP contribution in [0.3, 0.4) is 0 Å². The van der Waals surface area contributed by atoms with Crippen LogP contribution in [0.4, 0.5) is 11.4 Å². The molecule has 0 unspecified atom stereocenters. The van der Waals surface area contributed by atoms with Crippen molar-refractivity contribution in [1.29, 1.82) is 0 Å². The highest BCUT2D eigenvalue weighted by Crippen LogP contribution is 2.37. The number of benzene rings is 2. The number of hydrogen-bond acceptors (Lipinski definition) is 4. The van der Waals surface area contributed by atoms with Crippen LogP contribution in [0.25, 0.3) is 10.8 Å². The minimum absolute atomic E-state index is 0.0826. The summed E-state index contributed by atoms with van der Waals surface area (Å²) in [5, 5.41) is 4.20. The third-order valence-corrected chi connectivity index (χ3v) is 4.78. The highest BCUT2D eigenvalue weighted by atomic mass is 32.1. The molecule has 0 radical (unpaired) electrons. The van der Waals surface area contributed by atoms with Gasteiger partial charge in [-0.25, -0.2) is 0 Å². The average molecular weight is 324 g/mol. The molecule has 0 aliphatic rings. The molecule has 3 aromatic rings. The Kier molecular flexibility index (Phi) is 4.09. The van der Waals surface area contributed by atoms with E-state index >= 15 is 0 Å². The predicted octanol–water partition coefficient (Wildman–Crippen LogP) is 4.26. The van der Waals surface area contributed by atoms with Gasteiger partial charge in [-0.2, -0.15) is 0 Å². The quantitative estimate of drug-likeness (QED) is 0.670. The number of nitrogens with zero attached hydrogens (tertiary/aromatic N) is 2. The molecule has 0 aliphatic carbocycles. The summed E-state index contributed by atoms with van der Waals surface area (Å²) in [7, 11) is 8.04. The van der Waals surface area contributed by atoms with Gasteiger partial charge in [0, 0.05) is 44.8 Å². The lowest BCUT2D eigenvalue weighted by Gasteiger charge is -2.24. The van der Waals surface area contributed by atoms with Crippen LogP contribution >= 0.6 is 11.3 Å². The standard InChI is InChI=1S/C19H20N2OS/c1-20(2)15-8-5-7-13-10-11-14(18(17(13)15)21(3)4)19(22)16-9-6-12-23-16/h5-12H,1-4H3. The molecule has 1 heterocycles. The van der Waals surface area contributed by atoms with Crippen LogP contribution < -0.4 is 9.80 Å². The Morgan fingerprint density at radius 3 is 2.30 bits per heavy atom. The largest absolute Gasteiger partial charge is 0.377 e. The number of hydrogen-bond donors (Lipinski definition) is 0. The van der Waals surface area contributed by atoms with Gasteiger partial charge in [-0.1, -0.05) is 24.3 Å². The number of ketones is 1. The molecule has 0 spiro atoms. The summed E-state index contributed by atoms with van der Waals surface area (Å²) in [6.45, 7) is 0. The van der Waals surface area contributed by atoms with E-state index in [1.807, 2.05) is 62.7 Å². The second kappa shape index (κ2) is 6.05. The fourth-order valence-electron chi connectivity index (χ4n) is 2.90. The molecular formula is C19H20N2OS. The molecular weight excluding hydrogens is 304 g/mol. The normalized spacial score (nSPS) is 10.8. The first-order valence-electron chi connectivity index (χ1n) is 7.49. The van der Waals surface area contributed by atoms with E-state index in [2.05, 4.69) is 23.1 Å². The number of anilines is 2. The first-order valence-corrected chi connectivity index (χ1v) is 8.37. The Morgan fingerprint density at radius 1 is 0.913 bits per heavy atom. The van der Waals surface area contributed by atoms with E-state index in [0.717, 1.165) is 32.6 Å². The molecule has 3 rings (SSSR count). The van der Waals surface area contributed by atoms with Crippen molar-refractivity contribution in [1.82, 2.24) is 0 Å². The van der Waals surface area contributed by atoms with Crippen molar-refractivity contribution in [2.75, 3.05) is 38.0 Å². The molecule has 0 saturated heterocycles. The lowest BCUT2D eigenvalue weighted by molar-refractivity contribution is 0.104. The van der Waals surface area contributed by atoms with Crippen molar-refractivity contribution < 1.29 is 4.79 Å².